The number of nitrogens with one attached hydrogen (secondary N) is 1. The number of rotatable bonds is 9. The summed E-state index contributed by atoms with van der Waals surface area (Å²) in [6.07, 6.45) is 0. The lowest BCUT2D eigenvalue weighted by molar-refractivity contribution is 0.0950. The molecule has 6 nitrogen and oxygen atoms in total. The van der Waals surface area contributed by atoms with Crippen molar-refractivity contribution >= 4 is 5.91 Å². The molecule has 0 atom stereocenters. The van der Waals surface area contributed by atoms with Gasteiger partial charge in [0.05, 0.1) is 21.3 Å². The van der Waals surface area contributed by atoms with E-state index in [1.165, 1.54) is 0 Å². The first-order valence-electron chi connectivity index (χ1n) is 9.90. The minimum absolute atomic E-state index is 0.222. The van der Waals surface area contributed by atoms with Crippen molar-refractivity contribution < 1.29 is 23.7 Å². The van der Waals surface area contributed by atoms with Crippen LogP contribution < -0.4 is 24.3 Å². The Labute approximate surface area is 182 Å². The fraction of sp³-hybridized carbons (Fsp3) is 0.240. The van der Waals surface area contributed by atoms with Crippen LogP contribution in [-0.2, 0) is 13.2 Å². The summed E-state index contributed by atoms with van der Waals surface area (Å²) in [5.41, 5.74) is 3.28. The van der Waals surface area contributed by atoms with Crippen molar-refractivity contribution in [3.63, 3.8) is 0 Å². The molecule has 0 unspecified atom stereocenters. The summed E-state index contributed by atoms with van der Waals surface area (Å²) in [4.78, 5) is 12.7. The molecular weight excluding hydrogens is 394 g/mol. The van der Waals surface area contributed by atoms with E-state index in [9.17, 15) is 4.79 Å². The molecule has 0 heterocycles. The lowest BCUT2D eigenvalue weighted by Crippen LogP contribution is -2.23. The minimum atomic E-state index is -0.222. The largest absolute Gasteiger partial charge is 0.496 e. The molecule has 1 N–H and O–H groups in total. The highest BCUT2D eigenvalue weighted by atomic mass is 16.5. The molecule has 0 fully saturated rings. The summed E-state index contributed by atoms with van der Waals surface area (Å²) >= 11 is 0. The third kappa shape index (κ3) is 5.48. The van der Waals surface area contributed by atoms with Gasteiger partial charge >= 0.3 is 0 Å². The van der Waals surface area contributed by atoms with Gasteiger partial charge in [-0.25, -0.2) is 0 Å². The van der Waals surface area contributed by atoms with Crippen molar-refractivity contribution in [2.24, 2.45) is 0 Å². The molecule has 162 valence electrons. The Morgan fingerprint density at radius 3 is 2.03 bits per heavy atom. The van der Waals surface area contributed by atoms with E-state index in [1.54, 1.807) is 33.5 Å². The first kappa shape index (κ1) is 22.0. The average molecular weight is 421 g/mol. The van der Waals surface area contributed by atoms with Crippen LogP contribution in [0.2, 0.25) is 0 Å². The quantitative estimate of drug-likeness (QED) is 0.550. The zero-order valence-electron chi connectivity index (χ0n) is 18.2. The zero-order chi connectivity index (χ0) is 22.2. The zero-order valence-corrected chi connectivity index (χ0v) is 18.2. The fourth-order valence-electron chi connectivity index (χ4n) is 3.18. The molecular formula is C25H27NO5. The lowest BCUT2D eigenvalue weighted by Gasteiger charge is -2.14. The predicted molar refractivity (Wildman–Crippen MR) is 119 cm³/mol. The summed E-state index contributed by atoms with van der Waals surface area (Å²) in [6, 6.07) is 18.9. The number of methoxy groups -OCH3 is 3. The number of ether oxygens (including phenoxy) is 4. The smallest absolute Gasteiger partial charge is 0.251 e. The van der Waals surface area contributed by atoms with E-state index in [1.807, 2.05) is 55.5 Å². The van der Waals surface area contributed by atoms with Gasteiger partial charge in [0, 0.05) is 17.7 Å². The lowest BCUT2D eigenvalue weighted by atomic mass is 10.1. The van der Waals surface area contributed by atoms with Crippen LogP contribution in [0, 0.1) is 6.92 Å². The molecule has 3 rings (SSSR count). The van der Waals surface area contributed by atoms with Gasteiger partial charge in [-0.05, 0) is 42.3 Å². The normalized spacial score (nSPS) is 10.3. The summed E-state index contributed by atoms with van der Waals surface area (Å²) in [5, 5.41) is 2.92. The second-order valence-corrected chi connectivity index (χ2v) is 6.95. The minimum Gasteiger partial charge on any atom is -0.496 e. The Kier molecular flexibility index (Phi) is 7.38. The third-order valence-electron chi connectivity index (χ3n) is 4.93. The maximum absolute atomic E-state index is 12.7. The summed E-state index contributed by atoms with van der Waals surface area (Å²) in [5.74, 6) is 2.24. The number of carbonyl (C=O) groups is 1. The Morgan fingerprint density at radius 1 is 0.774 bits per heavy atom. The molecule has 3 aromatic rings. The molecule has 0 spiro atoms. The number of carbonyl (C=O) groups excluding carboxylic acids is 1. The Bertz CT molecular complexity index is 1010. The highest BCUT2D eigenvalue weighted by Crippen LogP contribution is 2.30. The summed E-state index contributed by atoms with van der Waals surface area (Å²) in [6.45, 7) is 2.67. The van der Waals surface area contributed by atoms with E-state index in [0.29, 0.717) is 41.7 Å². The van der Waals surface area contributed by atoms with Gasteiger partial charge in [0.1, 0.15) is 18.1 Å². The molecule has 0 aliphatic carbocycles. The van der Waals surface area contributed by atoms with Gasteiger partial charge < -0.3 is 24.3 Å². The van der Waals surface area contributed by atoms with E-state index < -0.39 is 0 Å². The van der Waals surface area contributed by atoms with Crippen LogP contribution in [0.5, 0.6) is 23.0 Å². The van der Waals surface area contributed by atoms with Gasteiger partial charge in [-0.3, -0.25) is 4.79 Å². The van der Waals surface area contributed by atoms with Crippen LogP contribution in [0.3, 0.4) is 0 Å². The number of hydrogen-bond acceptors (Lipinski definition) is 5. The Hall–Kier alpha value is -3.67. The van der Waals surface area contributed by atoms with Gasteiger partial charge in [0.25, 0.3) is 5.91 Å². The SMILES string of the molecule is COc1cc(CNC(=O)c2cc(OC)c(C)c(OC)c2)ccc1OCc1ccccc1. The summed E-state index contributed by atoms with van der Waals surface area (Å²) in [7, 11) is 4.73. The van der Waals surface area contributed by atoms with Gasteiger partial charge in [0.2, 0.25) is 0 Å². The average Bonchev–Trinajstić information content (AvgIpc) is 2.82. The molecule has 0 aliphatic rings. The highest BCUT2D eigenvalue weighted by Gasteiger charge is 2.14. The van der Waals surface area contributed by atoms with Crippen LogP contribution in [0.4, 0.5) is 0 Å². The second kappa shape index (κ2) is 10.4. The maximum Gasteiger partial charge on any atom is 0.251 e. The maximum atomic E-state index is 12.7. The molecule has 0 radical (unpaired) electrons. The van der Waals surface area contributed by atoms with Gasteiger partial charge in [-0.2, -0.15) is 0 Å². The van der Waals surface area contributed by atoms with Crippen molar-refractivity contribution in [3.05, 3.63) is 82.9 Å². The highest BCUT2D eigenvalue weighted by molar-refractivity contribution is 5.95. The predicted octanol–water partition coefficient (Wildman–Crippen LogP) is 4.53. The molecule has 0 saturated heterocycles. The molecule has 0 bridgehead atoms. The Balaban J connectivity index is 1.67. The second-order valence-electron chi connectivity index (χ2n) is 6.95. The van der Waals surface area contributed by atoms with Crippen molar-refractivity contribution in [3.8, 4) is 23.0 Å². The van der Waals surface area contributed by atoms with E-state index in [0.717, 1.165) is 16.7 Å². The standard InChI is InChI=1S/C25H27NO5/c1-17-22(28-2)13-20(14-23(17)29-3)25(27)26-15-19-10-11-21(24(12-19)30-4)31-16-18-8-6-5-7-9-18/h5-14H,15-16H2,1-4H3,(H,26,27). The summed E-state index contributed by atoms with van der Waals surface area (Å²) < 4.78 is 22.1. The van der Waals surface area contributed by atoms with E-state index in [2.05, 4.69) is 5.32 Å². The molecule has 1 amide bonds. The molecule has 0 saturated carbocycles. The number of benzene rings is 3. The molecule has 0 aliphatic heterocycles. The topological polar surface area (TPSA) is 66.0 Å². The van der Waals surface area contributed by atoms with Crippen LogP contribution in [0.1, 0.15) is 27.0 Å². The van der Waals surface area contributed by atoms with E-state index in [4.69, 9.17) is 18.9 Å². The van der Waals surface area contributed by atoms with E-state index in [-0.39, 0.29) is 5.91 Å². The number of amides is 1. The van der Waals surface area contributed by atoms with E-state index >= 15 is 0 Å². The van der Waals surface area contributed by atoms with Crippen LogP contribution >= 0.6 is 0 Å². The van der Waals surface area contributed by atoms with Crippen molar-refractivity contribution in [1.29, 1.82) is 0 Å². The Morgan fingerprint density at radius 2 is 1.42 bits per heavy atom. The van der Waals surface area contributed by atoms with Gasteiger partial charge in [0.15, 0.2) is 11.5 Å². The monoisotopic (exact) mass is 421 g/mol. The number of hydrogen-bond donors (Lipinski definition) is 1. The molecule has 31 heavy (non-hydrogen) atoms. The van der Waals surface area contributed by atoms with Crippen molar-refractivity contribution in [1.82, 2.24) is 5.32 Å². The van der Waals surface area contributed by atoms with Crippen LogP contribution in [0.25, 0.3) is 0 Å². The fourth-order valence-corrected chi connectivity index (χ4v) is 3.18. The molecule has 6 heteroatoms. The third-order valence-corrected chi connectivity index (χ3v) is 4.93. The first-order valence-corrected chi connectivity index (χ1v) is 9.90. The van der Waals surface area contributed by atoms with Crippen LogP contribution in [-0.4, -0.2) is 27.2 Å². The van der Waals surface area contributed by atoms with Crippen molar-refractivity contribution in [2.45, 2.75) is 20.1 Å². The molecule has 3 aromatic carbocycles. The van der Waals surface area contributed by atoms with Gasteiger partial charge in [-0.1, -0.05) is 36.4 Å². The first-order chi connectivity index (χ1) is 15.0. The van der Waals surface area contributed by atoms with Gasteiger partial charge in [-0.15, -0.1) is 0 Å². The van der Waals surface area contributed by atoms with Crippen molar-refractivity contribution in [2.75, 3.05) is 21.3 Å². The molecule has 0 aromatic heterocycles. The van der Waals surface area contributed by atoms with Crippen LogP contribution in [0.15, 0.2) is 60.7 Å².